The molecule has 0 atom stereocenters. The first-order valence-corrected chi connectivity index (χ1v) is 1.60. The molecule has 0 aliphatic heterocycles. The molecule has 0 fully saturated rings. The minimum absolute atomic E-state index is 0. The van der Waals surface area contributed by atoms with Gasteiger partial charge in [0, 0.05) is 0 Å². The SMILES string of the molecule is Cl.O=S(O)O.[Ca+2].[H-].[H-]. The third kappa shape index (κ3) is 45.7. The van der Waals surface area contributed by atoms with E-state index in [-0.39, 0.29) is 53.0 Å². The van der Waals surface area contributed by atoms with Crippen molar-refractivity contribution in [2.75, 3.05) is 0 Å². The smallest absolute Gasteiger partial charge is 1.00 e. The predicted molar refractivity (Wildman–Crippen MR) is 28.6 cm³/mol. The maximum absolute atomic E-state index is 8.67. The fourth-order valence-corrected chi connectivity index (χ4v) is 0. The maximum Gasteiger partial charge on any atom is 2.00 e. The van der Waals surface area contributed by atoms with E-state index in [1.54, 1.807) is 0 Å². The van der Waals surface area contributed by atoms with Gasteiger partial charge in [0.15, 0.2) is 0 Å². The fraction of sp³-hybridized carbons (Fsp3) is 0. The van der Waals surface area contributed by atoms with Crippen LogP contribution in [0.4, 0.5) is 0 Å². The number of rotatable bonds is 0. The van der Waals surface area contributed by atoms with Gasteiger partial charge >= 0.3 is 37.7 Å². The van der Waals surface area contributed by atoms with Crippen LogP contribution in [0.2, 0.25) is 0 Å². The van der Waals surface area contributed by atoms with Crippen LogP contribution in [0.3, 0.4) is 0 Å². The largest absolute Gasteiger partial charge is 2.00 e. The van der Waals surface area contributed by atoms with Crippen molar-refractivity contribution in [3.63, 3.8) is 0 Å². The Hall–Kier alpha value is 1.62. The molecule has 2 N–H and O–H groups in total. The van der Waals surface area contributed by atoms with Crippen LogP contribution >= 0.6 is 12.4 Å². The van der Waals surface area contributed by atoms with E-state index in [4.69, 9.17) is 13.3 Å². The Bertz CT molecular complexity index is 40.3. The Morgan fingerprint density at radius 2 is 1.50 bits per heavy atom. The van der Waals surface area contributed by atoms with Crippen molar-refractivity contribution in [3.05, 3.63) is 0 Å². The van der Waals surface area contributed by atoms with Crippen molar-refractivity contribution in [3.8, 4) is 0 Å². The zero-order chi connectivity index (χ0) is 3.58. The molecule has 0 saturated carbocycles. The molecule has 0 unspecified atom stereocenters. The molecule has 0 radical (unpaired) electrons. The summed E-state index contributed by atoms with van der Waals surface area (Å²) in [7, 11) is 0. The number of hydrogen-bond acceptors (Lipinski definition) is 1. The molecular formula is H5CaClO3S. The first kappa shape index (κ1) is 15.6. The normalized spacial score (nSPS) is 5.83. The van der Waals surface area contributed by atoms with Crippen LogP contribution in [-0.4, -0.2) is 51.1 Å². The van der Waals surface area contributed by atoms with Gasteiger partial charge in [0.2, 0.25) is 0 Å². The van der Waals surface area contributed by atoms with E-state index < -0.39 is 11.4 Å². The van der Waals surface area contributed by atoms with E-state index in [0.29, 0.717) is 0 Å². The summed E-state index contributed by atoms with van der Waals surface area (Å²) in [6, 6.07) is 0. The van der Waals surface area contributed by atoms with Crippen LogP contribution in [0, 0.1) is 0 Å². The molecule has 0 aliphatic carbocycles. The minimum Gasteiger partial charge on any atom is -1.00 e. The molecule has 0 amide bonds. The van der Waals surface area contributed by atoms with Crippen molar-refractivity contribution in [2.45, 2.75) is 0 Å². The van der Waals surface area contributed by atoms with E-state index in [0.717, 1.165) is 0 Å². The molecule has 0 rings (SSSR count). The van der Waals surface area contributed by atoms with Crippen molar-refractivity contribution in [1.29, 1.82) is 0 Å². The fourth-order valence-electron chi connectivity index (χ4n) is 0. The van der Waals surface area contributed by atoms with Gasteiger partial charge in [-0.05, 0) is 0 Å². The summed E-state index contributed by atoms with van der Waals surface area (Å²) < 4.78 is 22.8. The van der Waals surface area contributed by atoms with Crippen LogP contribution in [0.25, 0.3) is 0 Å². The van der Waals surface area contributed by atoms with Crippen LogP contribution in [0.15, 0.2) is 0 Å². The second-order valence-electron chi connectivity index (χ2n) is 0.231. The van der Waals surface area contributed by atoms with Crippen molar-refractivity contribution < 1.29 is 16.2 Å². The summed E-state index contributed by atoms with van der Waals surface area (Å²) in [5.74, 6) is 0. The van der Waals surface area contributed by atoms with Gasteiger partial charge in [-0.1, -0.05) is 0 Å². The molecular weight excluding hydrogens is 156 g/mol. The molecule has 0 saturated heterocycles. The molecule has 0 aliphatic rings. The van der Waals surface area contributed by atoms with E-state index in [2.05, 4.69) is 0 Å². The Kier molecular flexibility index (Phi) is 25.5. The van der Waals surface area contributed by atoms with Crippen LogP contribution in [-0.2, 0) is 11.4 Å². The average Bonchev–Trinajstić information content (AvgIpc) is 0.811. The molecule has 6 heteroatoms. The quantitative estimate of drug-likeness (QED) is 0.386. The maximum atomic E-state index is 8.67. The van der Waals surface area contributed by atoms with Crippen LogP contribution in [0.5, 0.6) is 0 Å². The van der Waals surface area contributed by atoms with Gasteiger partial charge in [-0.2, -0.15) is 4.21 Å². The Morgan fingerprint density at radius 1 is 1.50 bits per heavy atom. The molecule has 38 valence electrons. The number of hydrogen-bond donors (Lipinski definition) is 2. The van der Waals surface area contributed by atoms with E-state index >= 15 is 0 Å². The van der Waals surface area contributed by atoms with E-state index in [1.165, 1.54) is 0 Å². The Balaban J connectivity index is -0.00000000750. The molecule has 0 heterocycles. The average molecular weight is 161 g/mol. The van der Waals surface area contributed by atoms with Crippen LogP contribution < -0.4 is 0 Å². The van der Waals surface area contributed by atoms with Gasteiger partial charge in [0.1, 0.15) is 0 Å². The third-order valence-electron chi connectivity index (χ3n) is 0. The minimum atomic E-state index is -2.61. The summed E-state index contributed by atoms with van der Waals surface area (Å²) in [5.41, 5.74) is 0. The molecule has 0 aromatic heterocycles. The van der Waals surface area contributed by atoms with Gasteiger partial charge < -0.3 is 2.85 Å². The van der Waals surface area contributed by atoms with Gasteiger partial charge in [0.25, 0.3) is 11.4 Å². The van der Waals surface area contributed by atoms with Gasteiger partial charge in [-0.3, -0.25) is 9.11 Å². The second-order valence-corrected chi connectivity index (χ2v) is 0.692. The molecule has 6 heavy (non-hydrogen) atoms. The molecule has 0 spiro atoms. The topological polar surface area (TPSA) is 57.5 Å². The summed E-state index contributed by atoms with van der Waals surface area (Å²) >= 11 is -2.61. The van der Waals surface area contributed by atoms with Gasteiger partial charge in [-0.15, -0.1) is 12.4 Å². The number of halogens is 1. The first-order valence-electron chi connectivity index (χ1n) is 0.532. The summed E-state index contributed by atoms with van der Waals surface area (Å²) in [5, 5.41) is 0. The van der Waals surface area contributed by atoms with Crippen LogP contribution in [0.1, 0.15) is 2.85 Å². The van der Waals surface area contributed by atoms with Crippen molar-refractivity contribution in [1.82, 2.24) is 0 Å². The predicted octanol–water partition coefficient (Wildman–Crippen LogP) is -0.0529. The van der Waals surface area contributed by atoms with E-state index in [1.807, 2.05) is 0 Å². The zero-order valence-corrected chi connectivity index (χ0v) is 6.67. The monoisotopic (exact) mass is 160 g/mol. The van der Waals surface area contributed by atoms with Crippen molar-refractivity contribution >= 4 is 61.5 Å². The Morgan fingerprint density at radius 3 is 1.50 bits per heavy atom. The molecule has 0 aromatic rings. The summed E-state index contributed by atoms with van der Waals surface area (Å²) in [6.45, 7) is 0. The zero-order valence-electron chi connectivity index (χ0n) is 4.83. The molecule has 3 nitrogen and oxygen atoms in total. The van der Waals surface area contributed by atoms with E-state index in [9.17, 15) is 0 Å². The van der Waals surface area contributed by atoms with Gasteiger partial charge in [-0.25, -0.2) is 0 Å². The first-order chi connectivity index (χ1) is 1.73. The molecule has 0 aromatic carbocycles. The van der Waals surface area contributed by atoms with Crippen molar-refractivity contribution in [2.24, 2.45) is 0 Å². The van der Waals surface area contributed by atoms with Gasteiger partial charge in [0.05, 0.1) is 0 Å². The summed E-state index contributed by atoms with van der Waals surface area (Å²) in [6.07, 6.45) is 0. The standard InChI is InChI=1S/Ca.ClH.H2O3S.2H/c;;1-4(2)3;;/h;1H;(H2,1,2,3);;/q+2;;;2*-1. The third-order valence-corrected chi connectivity index (χ3v) is 0. The molecule has 0 bridgehead atoms. The second kappa shape index (κ2) is 9.80. The Labute approximate surface area is 77.0 Å². The summed E-state index contributed by atoms with van der Waals surface area (Å²) in [4.78, 5) is 0.